The third-order valence-electron chi connectivity index (χ3n) is 3.67. The van der Waals surface area contributed by atoms with Crippen LogP contribution in [0.3, 0.4) is 0 Å². The van der Waals surface area contributed by atoms with E-state index in [1.807, 2.05) is 39.8 Å². The summed E-state index contributed by atoms with van der Waals surface area (Å²) < 4.78 is 11.3. The van der Waals surface area contributed by atoms with Gasteiger partial charge in [0.2, 0.25) is 0 Å². The molecule has 22 heavy (non-hydrogen) atoms. The number of carbonyl (C=O) groups is 1. The molecule has 0 N–H and O–H groups in total. The minimum Gasteiger partial charge on any atom is -0.444 e. The van der Waals surface area contributed by atoms with Crippen molar-refractivity contribution < 1.29 is 14.3 Å². The van der Waals surface area contributed by atoms with E-state index in [0.29, 0.717) is 18.5 Å². The molecule has 1 amide bonds. The van der Waals surface area contributed by atoms with E-state index < -0.39 is 11.2 Å². The molecule has 0 radical (unpaired) electrons. The molecule has 0 aromatic heterocycles. The van der Waals surface area contributed by atoms with E-state index in [0.717, 1.165) is 5.56 Å². The third-order valence-corrected chi connectivity index (χ3v) is 3.67. The first-order chi connectivity index (χ1) is 10.2. The average molecular weight is 302 g/mol. The van der Waals surface area contributed by atoms with Crippen molar-refractivity contribution in [3.05, 3.63) is 35.4 Å². The van der Waals surface area contributed by atoms with E-state index in [-0.39, 0.29) is 12.8 Å². The lowest BCUT2D eigenvalue weighted by Crippen LogP contribution is -2.47. The van der Waals surface area contributed by atoms with Gasteiger partial charge in [0, 0.05) is 6.54 Å². The lowest BCUT2D eigenvalue weighted by atomic mass is 9.90. The molecule has 1 unspecified atom stereocenters. The van der Waals surface area contributed by atoms with Crippen molar-refractivity contribution in [1.82, 2.24) is 4.90 Å². The van der Waals surface area contributed by atoms with Gasteiger partial charge in [-0.25, -0.2) is 4.79 Å². The maximum Gasteiger partial charge on any atom is 0.412 e. The molecular weight excluding hydrogens is 280 g/mol. The van der Waals surface area contributed by atoms with Crippen LogP contribution in [-0.2, 0) is 15.1 Å². The van der Waals surface area contributed by atoms with E-state index in [9.17, 15) is 4.79 Å². The van der Waals surface area contributed by atoms with Gasteiger partial charge in [0.1, 0.15) is 12.3 Å². The molecule has 5 nitrogen and oxygen atoms in total. The van der Waals surface area contributed by atoms with Crippen LogP contribution in [0, 0.1) is 11.3 Å². The molecule has 1 aromatic carbocycles. The van der Waals surface area contributed by atoms with Crippen LogP contribution in [0.5, 0.6) is 0 Å². The van der Waals surface area contributed by atoms with Gasteiger partial charge in [0.25, 0.3) is 0 Å². The highest BCUT2D eigenvalue weighted by Crippen LogP contribution is 2.33. The Balaban J connectivity index is 2.01. The topological polar surface area (TPSA) is 62.6 Å². The summed E-state index contributed by atoms with van der Waals surface area (Å²) in [5, 5.41) is 8.85. The largest absolute Gasteiger partial charge is 0.444 e. The maximum absolute atomic E-state index is 12.0. The first-order valence-electron chi connectivity index (χ1n) is 7.36. The summed E-state index contributed by atoms with van der Waals surface area (Å²) in [4.78, 5) is 13.6. The Morgan fingerprint density at radius 1 is 1.36 bits per heavy atom. The second-order valence-corrected chi connectivity index (χ2v) is 6.69. The molecule has 1 aliphatic heterocycles. The van der Waals surface area contributed by atoms with Gasteiger partial charge in [0.15, 0.2) is 0 Å². The monoisotopic (exact) mass is 302 g/mol. The summed E-state index contributed by atoms with van der Waals surface area (Å²) in [6.07, 6.45) is 0.326. The summed E-state index contributed by atoms with van der Waals surface area (Å²) in [7, 11) is 0. The van der Waals surface area contributed by atoms with E-state index in [1.54, 1.807) is 17.0 Å². The average Bonchev–Trinajstić information content (AvgIpc) is 2.46. The van der Waals surface area contributed by atoms with Gasteiger partial charge in [-0.1, -0.05) is 12.1 Å². The molecule has 1 atom stereocenters. The molecule has 1 heterocycles. The molecule has 118 valence electrons. The van der Waals surface area contributed by atoms with Crippen molar-refractivity contribution in [1.29, 1.82) is 5.26 Å². The van der Waals surface area contributed by atoms with Crippen LogP contribution in [0.2, 0.25) is 0 Å². The minimum absolute atomic E-state index is 0.200. The Morgan fingerprint density at radius 3 is 2.45 bits per heavy atom. The zero-order valence-corrected chi connectivity index (χ0v) is 13.5. The number of nitriles is 1. The van der Waals surface area contributed by atoms with E-state index >= 15 is 0 Å². The van der Waals surface area contributed by atoms with Crippen LogP contribution in [0.15, 0.2) is 24.3 Å². The fourth-order valence-electron chi connectivity index (χ4n) is 2.30. The highest BCUT2D eigenvalue weighted by Gasteiger charge is 2.35. The van der Waals surface area contributed by atoms with Crippen LogP contribution in [-0.4, -0.2) is 29.9 Å². The molecule has 2 rings (SSSR count). The van der Waals surface area contributed by atoms with Crippen molar-refractivity contribution in [3.8, 4) is 6.07 Å². The SMILES string of the molecule is CC(C)(C)OC(=O)N1CCC(C)(c2ccc(C#N)cc2)OC1. The summed E-state index contributed by atoms with van der Waals surface area (Å²) >= 11 is 0. The fraction of sp³-hybridized carbons (Fsp3) is 0.529. The number of rotatable bonds is 1. The molecule has 5 heteroatoms. The van der Waals surface area contributed by atoms with Crippen molar-refractivity contribution >= 4 is 6.09 Å². The van der Waals surface area contributed by atoms with Crippen LogP contribution < -0.4 is 0 Å². The van der Waals surface area contributed by atoms with Crippen LogP contribution in [0.1, 0.15) is 45.2 Å². The number of carbonyl (C=O) groups excluding carboxylic acids is 1. The van der Waals surface area contributed by atoms with E-state index in [1.165, 1.54) is 0 Å². The highest BCUT2D eigenvalue weighted by atomic mass is 16.6. The first-order valence-corrected chi connectivity index (χ1v) is 7.36. The quantitative estimate of drug-likeness (QED) is 0.797. The number of benzene rings is 1. The zero-order chi connectivity index (χ0) is 16.4. The number of amides is 1. The van der Waals surface area contributed by atoms with Crippen LogP contribution in [0.25, 0.3) is 0 Å². The Morgan fingerprint density at radius 2 is 2.00 bits per heavy atom. The summed E-state index contributed by atoms with van der Waals surface area (Å²) in [6, 6.07) is 9.48. The van der Waals surface area contributed by atoms with Gasteiger partial charge in [-0.3, -0.25) is 4.90 Å². The molecule has 1 saturated heterocycles. The van der Waals surface area contributed by atoms with Gasteiger partial charge in [-0.15, -0.1) is 0 Å². The Bertz CT molecular complexity index is 573. The van der Waals surface area contributed by atoms with Crippen LogP contribution >= 0.6 is 0 Å². The number of hydrogen-bond acceptors (Lipinski definition) is 4. The molecule has 0 aliphatic carbocycles. The predicted molar refractivity (Wildman–Crippen MR) is 82.0 cm³/mol. The third kappa shape index (κ3) is 3.77. The molecule has 1 aliphatic rings. The second-order valence-electron chi connectivity index (χ2n) is 6.69. The molecule has 0 spiro atoms. The lowest BCUT2D eigenvalue weighted by Gasteiger charge is -2.40. The highest BCUT2D eigenvalue weighted by molar-refractivity contribution is 5.68. The van der Waals surface area contributed by atoms with Gasteiger partial charge >= 0.3 is 6.09 Å². The fourth-order valence-corrected chi connectivity index (χ4v) is 2.30. The van der Waals surface area contributed by atoms with Gasteiger partial charge in [0.05, 0.1) is 17.2 Å². The Labute approximate surface area is 131 Å². The normalized spacial score (nSPS) is 22.0. The molecule has 0 saturated carbocycles. The smallest absolute Gasteiger partial charge is 0.412 e. The van der Waals surface area contributed by atoms with Crippen molar-refractivity contribution in [2.45, 2.75) is 45.3 Å². The Kier molecular flexibility index (Phi) is 4.43. The van der Waals surface area contributed by atoms with Crippen molar-refractivity contribution in [2.24, 2.45) is 0 Å². The summed E-state index contributed by atoms with van der Waals surface area (Å²) in [5.41, 5.74) is 0.672. The van der Waals surface area contributed by atoms with Gasteiger partial charge in [-0.2, -0.15) is 5.26 Å². The summed E-state index contributed by atoms with van der Waals surface area (Å²) in [6.45, 7) is 8.31. The standard InChI is InChI=1S/C17H22N2O3/c1-16(2,3)22-15(20)19-10-9-17(4,21-12-19)14-7-5-13(11-18)6-8-14/h5-8H,9-10,12H2,1-4H3. The molecule has 0 bridgehead atoms. The number of ether oxygens (including phenoxy) is 2. The van der Waals surface area contributed by atoms with E-state index in [4.69, 9.17) is 14.7 Å². The zero-order valence-electron chi connectivity index (χ0n) is 13.5. The minimum atomic E-state index is -0.509. The maximum atomic E-state index is 12.0. The van der Waals surface area contributed by atoms with E-state index in [2.05, 4.69) is 6.07 Å². The summed E-state index contributed by atoms with van der Waals surface area (Å²) in [5.74, 6) is 0. The predicted octanol–water partition coefficient (Wildman–Crippen LogP) is 3.39. The number of nitrogens with zero attached hydrogens (tertiary/aromatic N) is 2. The second kappa shape index (κ2) is 5.98. The molecule has 1 fully saturated rings. The molecular formula is C17H22N2O3. The van der Waals surface area contributed by atoms with Crippen molar-refractivity contribution in [2.75, 3.05) is 13.3 Å². The van der Waals surface area contributed by atoms with Gasteiger partial charge in [-0.05, 0) is 51.8 Å². The lowest BCUT2D eigenvalue weighted by molar-refractivity contribution is -0.130. The van der Waals surface area contributed by atoms with Crippen LogP contribution in [0.4, 0.5) is 4.79 Å². The van der Waals surface area contributed by atoms with Gasteiger partial charge < -0.3 is 9.47 Å². The van der Waals surface area contributed by atoms with Crippen molar-refractivity contribution in [3.63, 3.8) is 0 Å². The Hall–Kier alpha value is -2.06. The number of hydrogen-bond donors (Lipinski definition) is 0. The first kappa shape index (κ1) is 16.3. The molecule has 1 aromatic rings.